The molecule has 206 valence electrons. The van der Waals surface area contributed by atoms with E-state index in [1.165, 1.54) is 82.6 Å². The first-order chi connectivity index (χ1) is 19.1. The summed E-state index contributed by atoms with van der Waals surface area (Å²) in [6.45, 7) is 11.0. The predicted molar refractivity (Wildman–Crippen MR) is 153 cm³/mol. The van der Waals surface area contributed by atoms with E-state index >= 15 is 0 Å². The molecule has 1 spiro atoms. The molecule has 39 heavy (non-hydrogen) atoms. The average Bonchev–Trinajstić information content (AvgIpc) is 3.53. The van der Waals surface area contributed by atoms with Crippen LogP contribution in [0.4, 0.5) is 0 Å². The zero-order chi connectivity index (χ0) is 26.1. The summed E-state index contributed by atoms with van der Waals surface area (Å²) in [5.74, 6) is 0.245. The summed E-state index contributed by atoms with van der Waals surface area (Å²) < 4.78 is 0. The number of rotatable bonds is 4. The fraction of sp³-hybridized carbons (Fsp3) is 0.613. The van der Waals surface area contributed by atoms with Crippen molar-refractivity contribution in [2.75, 3.05) is 45.8 Å². The second kappa shape index (κ2) is 9.26. The van der Waals surface area contributed by atoms with Crippen molar-refractivity contribution in [1.29, 1.82) is 0 Å². The van der Waals surface area contributed by atoms with Gasteiger partial charge in [-0.05, 0) is 81.3 Å². The molecular weight excluding hydrogens is 486 g/mol. The Balaban J connectivity index is 0.943. The largest absolute Gasteiger partial charge is 0.507 e. The lowest BCUT2D eigenvalue weighted by Crippen LogP contribution is -2.66. The third-order valence-corrected chi connectivity index (χ3v) is 10.9. The predicted octanol–water partition coefficient (Wildman–Crippen LogP) is 3.54. The molecule has 3 aromatic rings. The van der Waals surface area contributed by atoms with Crippen molar-refractivity contribution in [2.24, 2.45) is 5.41 Å². The molecule has 1 unspecified atom stereocenters. The normalized spacial score (nSPS) is 28.5. The molecule has 4 fully saturated rings. The van der Waals surface area contributed by atoms with Crippen LogP contribution in [0.5, 0.6) is 5.75 Å². The number of hydrogen-bond donors (Lipinski definition) is 3. The van der Waals surface area contributed by atoms with Crippen molar-refractivity contribution in [3.8, 4) is 17.0 Å². The van der Waals surface area contributed by atoms with Crippen LogP contribution in [-0.2, 0) is 6.42 Å². The summed E-state index contributed by atoms with van der Waals surface area (Å²) in [5, 5.41) is 24.0. The maximum absolute atomic E-state index is 10.4. The van der Waals surface area contributed by atoms with E-state index in [-0.39, 0.29) is 5.75 Å². The monoisotopic (exact) mass is 527 g/mol. The van der Waals surface area contributed by atoms with Crippen LogP contribution in [0.25, 0.3) is 22.3 Å². The van der Waals surface area contributed by atoms with Gasteiger partial charge in [-0.3, -0.25) is 9.80 Å². The number of aromatic hydroxyl groups is 1. The van der Waals surface area contributed by atoms with Gasteiger partial charge < -0.3 is 20.3 Å². The topological polar surface area (TPSA) is 83.5 Å². The van der Waals surface area contributed by atoms with Crippen molar-refractivity contribution in [1.82, 2.24) is 35.2 Å². The summed E-state index contributed by atoms with van der Waals surface area (Å²) >= 11 is 0. The summed E-state index contributed by atoms with van der Waals surface area (Å²) in [6, 6.07) is 12.1. The zero-order valence-corrected chi connectivity index (χ0v) is 23.1. The first-order valence-corrected chi connectivity index (χ1v) is 15.2. The van der Waals surface area contributed by atoms with Gasteiger partial charge in [-0.2, -0.15) is 0 Å². The van der Waals surface area contributed by atoms with Crippen LogP contribution in [0.15, 0.2) is 30.3 Å². The first-order valence-electron chi connectivity index (χ1n) is 15.2. The standard InChI is InChI=1S/C31H41N7O/c1-20-29-25-14-27(24-4-2-3-5-28(24)39)34-35-30(25)33-26(29)9-13-38(20)22-8-12-37(17-22)21-6-10-36(11-7-21)23-15-31(16-23)18-32-19-31/h2-5,14,20-23,32,39H,6-13,15-19H2,1H3,(H,33,35)/t20-,22?/m1/s1. The van der Waals surface area contributed by atoms with Crippen molar-refractivity contribution in [3.63, 3.8) is 0 Å². The van der Waals surface area contributed by atoms with E-state index in [4.69, 9.17) is 0 Å². The van der Waals surface area contributed by atoms with Crippen molar-refractivity contribution < 1.29 is 5.11 Å². The zero-order valence-electron chi connectivity index (χ0n) is 23.1. The lowest BCUT2D eigenvalue weighted by atomic mass is 9.61. The maximum Gasteiger partial charge on any atom is 0.160 e. The minimum Gasteiger partial charge on any atom is -0.507 e. The number of piperidine rings is 1. The van der Waals surface area contributed by atoms with E-state index in [2.05, 4.69) is 48.2 Å². The summed E-state index contributed by atoms with van der Waals surface area (Å²) in [4.78, 5) is 11.9. The first kappa shape index (κ1) is 24.3. The number of fused-ring (bicyclic) bond motifs is 3. The third-order valence-electron chi connectivity index (χ3n) is 10.9. The molecule has 8 heteroatoms. The van der Waals surface area contributed by atoms with Crippen molar-refractivity contribution >= 4 is 11.0 Å². The number of likely N-dealkylation sites (tertiary alicyclic amines) is 2. The van der Waals surface area contributed by atoms with Crippen molar-refractivity contribution in [2.45, 2.75) is 69.6 Å². The molecule has 5 aliphatic rings. The second-order valence-electron chi connectivity index (χ2n) is 13.1. The molecule has 6 heterocycles. The van der Waals surface area contributed by atoms with E-state index in [9.17, 15) is 5.11 Å². The molecule has 8 nitrogen and oxygen atoms in total. The van der Waals surface area contributed by atoms with Gasteiger partial charge in [-0.25, -0.2) is 0 Å². The molecule has 3 saturated heterocycles. The molecule has 4 aliphatic heterocycles. The average molecular weight is 528 g/mol. The Morgan fingerprint density at radius 1 is 0.923 bits per heavy atom. The Morgan fingerprint density at radius 2 is 1.69 bits per heavy atom. The Bertz CT molecular complexity index is 1370. The highest BCUT2D eigenvalue weighted by atomic mass is 16.3. The molecule has 1 saturated carbocycles. The smallest absolute Gasteiger partial charge is 0.160 e. The maximum atomic E-state index is 10.4. The van der Waals surface area contributed by atoms with Crippen LogP contribution in [-0.4, -0.2) is 98.9 Å². The number of aromatic nitrogens is 3. The van der Waals surface area contributed by atoms with Gasteiger partial charge in [-0.1, -0.05) is 12.1 Å². The van der Waals surface area contributed by atoms with Gasteiger partial charge >= 0.3 is 0 Å². The van der Waals surface area contributed by atoms with Crippen LogP contribution < -0.4 is 5.32 Å². The minimum atomic E-state index is 0.245. The molecule has 8 rings (SSSR count). The minimum absolute atomic E-state index is 0.245. The SMILES string of the molecule is C[C@@H]1c2c([nH]c3nnc(-c4ccccc4O)cc23)CCN1C1CCN(C2CCN(C3CC4(CNC4)C3)CC2)C1. The molecule has 0 amide bonds. The number of para-hydroxylation sites is 1. The number of H-pyrrole nitrogens is 1. The molecule has 2 aromatic heterocycles. The Labute approximate surface area is 230 Å². The fourth-order valence-corrected chi connectivity index (χ4v) is 8.61. The third kappa shape index (κ3) is 4.02. The molecule has 1 aliphatic carbocycles. The van der Waals surface area contributed by atoms with Gasteiger partial charge in [0.1, 0.15) is 5.75 Å². The van der Waals surface area contributed by atoms with Crippen LogP contribution in [0.1, 0.15) is 56.3 Å². The molecule has 2 atom stereocenters. The number of nitrogens with one attached hydrogen (secondary N) is 2. The number of phenolic OH excluding ortho intramolecular Hbond substituents is 1. The van der Waals surface area contributed by atoms with Gasteiger partial charge in [0.05, 0.1) is 5.69 Å². The molecular formula is C31H41N7O. The van der Waals surface area contributed by atoms with Gasteiger partial charge in [0, 0.05) is 80.0 Å². The van der Waals surface area contributed by atoms with Crippen LogP contribution in [0, 0.1) is 5.41 Å². The lowest BCUT2D eigenvalue weighted by molar-refractivity contribution is -0.0490. The van der Waals surface area contributed by atoms with Gasteiger partial charge in [0.25, 0.3) is 0 Å². The number of nitrogens with zero attached hydrogens (tertiary/aromatic N) is 5. The molecule has 0 radical (unpaired) electrons. The molecule has 3 N–H and O–H groups in total. The molecule has 1 aromatic carbocycles. The highest BCUT2D eigenvalue weighted by Gasteiger charge is 2.50. The lowest BCUT2D eigenvalue weighted by Gasteiger charge is -2.58. The van der Waals surface area contributed by atoms with E-state index < -0.39 is 0 Å². The van der Waals surface area contributed by atoms with Crippen LogP contribution >= 0.6 is 0 Å². The highest BCUT2D eigenvalue weighted by molar-refractivity contribution is 5.86. The summed E-state index contributed by atoms with van der Waals surface area (Å²) in [7, 11) is 0. The Morgan fingerprint density at radius 3 is 2.46 bits per heavy atom. The second-order valence-corrected chi connectivity index (χ2v) is 13.1. The highest BCUT2D eigenvalue weighted by Crippen LogP contribution is 2.47. The summed E-state index contributed by atoms with van der Waals surface area (Å²) in [5.41, 5.74) is 5.67. The van der Waals surface area contributed by atoms with Gasteiger partial charge in [0.15, 0.2) is 5.65 Å². The van der Waals surface area contributed by atoms with E-state index in [0.29, 0.717) is 17.5 Å². The fourth-order valence-electron chi connectivity index (χ4n) is 8.61. The van der Waals surface area contributed by atoms with E-state index in [1.807, 2.05) is 18.2 Å². The van der Waals surface area contributed by atoms with Gasteiger partial charge in [0.2, 0.25) is 0 Å². The van der Waals surface area contributed by atoms with E-state index in [1.54, 1.807) is 6.07 Å². The van der Waals surface area contributed by atoms with Crippen molar-refractivity contribution in [3.05, 3.63) is 41.6 Å². The van der Waals surface area contributed by atoms with Gasteiger partial charge in [-0.15, -0.1) is 10.2 Å². The number of benzene rings is 1. The summed E-state index contributed by atoms with van der Waals surface area (Å²) in [6.07, 6.45) is 7.82. The number of phenols is 1. The van der Waals surface area contributed by atoms with E-state index in [0.717, 1.165) is 47.3 Å². The Hall–Kier alpha value is -2.52. The number of aromatic amines is 1. The number of hydrogen-bond acceptors (Lipinski definition) is 7. The van der Waals surface area contributed by atoms with Crippen LogP contribution in [0.2, 0.25) is 0 Å². The quantitative estimate of drug-likeness (QED) is 0.479. The Kier molecular flexibility index (Phi) is 5.77. The van der Waals surface area contributed by atoms with Crippen LogP contribution in [0.3, 0.4) is 0 Å². The molecule has 0 bridgehead atoms.